The maximum atomic E-state index is 12.1. The third-order valence-electron chi connectivity index (χ3n) is 4.89. The molecule has 2 aliphatic rings. The van der Waals surface area contributed by atoms with Gasteiger partial charge >= 0.3 is 0 Å². The highest BCUT2D eigenvalue weighted by Crippen LogP contribution is 2.11. The van der Waals surface area contributed by atoms with Crippen LogP contribution < -0.4 is 5.32 Å². The molecule has 0 bridgehead atoms. The van der Waals surface area contributed by atoms with E-state index in [-0.39, 0.29) is 12.0 Å². The van der Waals surface area contributed by atoms with Gasteiger partial charge in [-0.3, -0.25) is 19.6 Å². The molecule has 3 heterocycles. The average molecular weight is 332 g/mol. The Morgan fingerprint density at radius 3 is 2.83 bits per heavy atom. The zero-order chi connectivity index (χ0) is 16.8. The van der Waals surface area contributed by atoms with Gasteiger partial charge in [-0.25, -0.2) is 0 Å². The van der Waals surface area contributed by atoms with Crippen LogP contribution in [-0.2, 0) is 16.1 Å². The largest absolute Gasteiger partial charge is 0.376 e. The molecule has 0 saturated carbocycles. The molecule has 6 heteroatoms. The summed E-state index contributed by atoms with van der Waals surface area (Å²) < 4.78 is 5.53. The Hall–Kier alpha value is -1.50. The molecule has 1 N–H and O–H groups in total. The van der Waals surface area contributed by atoms with Crippen LogP contribution in [0.2, 0.25) is 0 Å². The Morgan fingerprint density at radius 2 is 2.12 bits per heavy atom. The van der Waals surface area contributed by atoms with Gasteiger partial charge in [-0.2, -0.15) is 0 Å². The van der Waals surface area contributed by atoms with Crippen molar-refractivity contribution in [2.24, 2.45) is 0 Å². The summed E-state index contributed by atoms with van der Waals surface area (Å²) in [5.74, 6) is 0.113. The number of hydrogen-bond donors (Lipinski definition) is 1. The first-order chi connectivity index (χ1) is 11.7. The van der Waals surface area contributed by atoms with Crippen LogP contribution in [0.4, 0.5) is 0 Å². The van der Waals surface area contributed by atoms with Crippen molar-refractivity contribution >= 4 is 5.91 Å². The quantitative estimate of drug-likeness (QED) is 0.835. The van der Waals surface area contributed by atoms with Gasteiger partial charge in [0.2, 0.25) is 5.91 Å². The third-order valence-corrected chi connectivity index (χ3v) is 4.89. The predicted octanol–water partition coefficient (Wildman–Crippen LogP) is 0.803. The molecule has 24 heavy (non-hydrogen) atoms. The molecule has 1 aromatic heterocycles. The minimum atomic E-state index is 0.113. The molecule has 3 rings (SSSR count). The lowest BCUT2D eigenvalue weighted by Crippen LogP contribution is -2.49. The lowest BCUT2D eigenvalue weighted by Gasteiger charge is -2.34. The fraction of sp³-hybridized carbons (Fsp3) is 0.667. The van der Waals surface area contributed by atoms with Crippen LogP contribution in [-0.4, -0.2) is 72.7 Å². The van der Waals surface area contributed by atoms with Gasteiger partial charge in [0.15, 0.2) is 0 Å². The molecule has 6 nitrogen and oxygen atoms in total. The van der Waals surface area contributed by atoms with Crippen LogP contribution in [0.15, 0.2) is 18.3 Å². The molecule has 0 radical (unpaired) electrons. The number of aryl methyl sites for hydroxylation is 1. The van der Waals surface area contributed by atoms with Crippen LogP contribution in [0.5, 0.6) is 0 Å². The smallest absolute Gasteiger partial charge is 0.234 e. The molecule has 1 atom stereocenters. The van der Waals surface area contributed by atoms with Gasteiger partial charge in [0.25, 0.3) is 0 Å². The number of piperazine rings is 1. The number of aromatic nitrogens is 1. The molecular weight excluding hydrogens is 304 g/mol. The number of amides is 1. The van der Waals surface area contributed by atoms with Crippen LogP contribution >= 0.6 is 0 Å². The van der Waals surface area contributed by atoms with E-state index < -0.39 is 0 Å². The number of ether oxygens (including phenoxy) is 1. The fourth-order valence-electron chi connectivity index (χ4n) is 3.32. The van der Waals surface area contributed by atoms with E-state index in [9.17, 15) is 4.79 Å². The zero-order valence-corrected chi connectivity index (χ0v) is 14.5. The van der Waals surface area contributed by atoms with Crippen LogP contribution in [0.3, 0.4) is 0 Å². The van der Waals surface area contributed by atoms with Crippen LogP contribution in [0.1, 0.15) is 24.1 Å². The van der Waals surface area contributed by atoms with E-state index in [4.69, 9.17) is 4.74 Å². The summed E-state index contributed by atoms with van der Waals surface area (Å²) in [6.45, 7) is 8.84. The van der Waals surface area contributed by atoms with Gasteiger partial charge < -0.3 is 10.1 Å². The number of carbonyl (C=O) groups excluding carboxylic acids is 1. The van der Waals surface area contributed by atoms with Crippen molar-refractivity contribution in [3.05, 3.63) is 29.6 Å². The minimum absolute atomic E-state index is 0.113. The van der Waals surface area contributed by atoms with Crippen molar-refractivity contribution in [1.82, 2.24) is 20.1 Å². The van der Waals surface area contributed by atoms with E-state index in [1.807, 2.05) is 12.3 Å². The number of nitrogens with zero attached hydrogens (tertiary/aromatic N) is 3. The van der Waals surface area contributed by atoms with Crippen LogP contribution in [0, 0.1) is 6.92 Å². The molecule has 1 unspecified atom stereocenters. The monoisotopic (exact) mass is 332 g/mol. The number of hydrogen-bond acceptors (Lipinski definition) is 5. The number of nitrogens with one attached hydrogen (secondary N) is 1. The molecule has 2 fully saturated rings. The normalized spacial score (nSPS) is 22.6. The summed E-state index contributed by atoms with van der Waals surface area (Å²) >= 11 is 0. The van der Waals surface area contributed by atoms with E-state index in [2.05, 4.69) is 33.1 Å². The second kappa shape index (κ2) is 8.55. The summed E-state index contributed by atoms with van der Waals surface area (Å²) in [7, 11) is 0. The van der Waals surface area contributed by atoms with Gasteiger partial charge in [-0.05, 0) is 31.4 Å². The van der Waals surface area contributed by atoms with E-state index >= 15 is 0 Å². The topological polar surface area (TPSA) is 57.7 Å². The predicted molar refractivity (Wildman–Crippen MR) is 92.7 cm³/mol. The zero-order valence-electron chi connectivity index (χ0n) is 14.5. The summed E-state index contributed by atoms with van der Waals surface area (Å²) in [5, 5.41) is 3.00. The standard InChI is InChI=1S/C18H28N4O2/c1-15-16(4-2-6-19-15)13-21-7-9-22(10-8-21)14-18(23)20-12-17-5-3-11-24-17/h2,4,6,17H,3,5,7-14H2,1H3,(H,20,23). The SMILES string of the molecule is Cc1ncccc1CN1CCN(CC(=O)NCC2CCCO2)CC1. The molecule has 132 valence electrons. The lowest BCUT2D eigenvalue weighted by molar-refractivity contribution is -0.123. The third kappa shape index (κ3) is 5.00. The van der Waals surface area contributed by atoms with E-state index in [0.29, 0.717) is 13.1 Å². The molecular formula is C18H28N4O2. The summed E-state index contributed by atoms with van der Waals surface area (Å²) in [6.07, 6.45) is 4.23. The number of rotatable bonds is 6. The second-order valence-corrected chi connectivity index (χ2v) is 6.74. The average Bonchev–Trinajstić information content (AvgIpc) is 3.10. The Bertz CT molecular complexity index is 538. The summed E-state index contributed by atoms with van der Waals surface area (Å²) in [6, 6.07) is 4.14. The Morgan fingerprint density at radius 1 is 1.33 bits per heavy atom. The number of carbonyl (C=O) groups is 1. The first kappa shape index (κ1) is 17.3. The first-order valence-electron chi connectivity index (χ1n) is 8.94. The van der Waals surface area contributed by atoms with Crippen molar-refractivity contribution in [3.63, 3.8) is 0 Å². The second-order valence-electron chi connectivity index (χ2n) is 6.74. The van der Waals surface area contributed by atoms with E-state index in [1.165, 1.54) is 5.56 Å². The highest BCUT2D eigenvalue weighted by atomic mass is 16.5. The Balaban J connectivity index is 1.35. The Kier molecular flexibility index (Phi) is 6.18. The van der Waals surface area contributed by atoms with E-state index in [0.717, 1.165) is 57.9 Å². The lowest BCUT2D eigenvalue weighted by atomic mass is 10.2. The molecule has 2 aliphatic heterocycles. The van der Waals surface area contributed by atoms with Crippen molar-refractivity contribution in [2.45, 2.75) is 32.4 Å². The number of pyridine rings is 1. The van der Waals surface area contributed by atoms with Gasteiger partial charge in [-0.15, -0.1) is 0 Å². The molecule has 0 aromatic carbocycles. The molecule has 1 aromatic rings. The molecule has 1 amide bonds. The van der Waals surface area contributed by atoms with E-state index in [1.54, 1.807) is 0 Å². The van der Waals surface area contributed by atoms with Gasteiger partial charge in [0.05, 0.1) is 12.6 Å². The van der Waals surface area contributed by atoms with Crippen molar-refractivity contribution < 1.29 is 9.53 Å². The van der Waals surface area contributed by atoms with Crippen molar-refractivity contribution in [1.29, 1.82) is 0 Å². The van der Waals surface area contributed by atoms with Gasteiger partial charge in [0.1, 0.15) is 0 Å². The minimum Gasteiger partial charge on any atom is -0.376 e. The maximum absolute atomic E-state index is 12.1. The molecule has 0 spiro atoms. The maximum Gasteiger partial charge on any atom is 0.234 e. The van der Waals surface area contributed by atoms with Crippen molar-refractivity contribution in [2.75, 3.05) is 45.9 Å². The van der Waals surface area contributed by atoms with Gasteiger partial charge in [0, 0.05) is 57.8 Å². The highest BCUT2D eigenvalue weighted by Gasteiger charge is 2.21. The first-order valence-corrected chi connectivity index (χ1v) is 8.94. The highest BCUT2D eigenvalue weighted by molar-refractivity contribution is 5.78. The van der Waals surface area contributed by atoms with Crippen LogP contribution in [0.25, 0.3) is 0 Å². The molecule has 0 aliphatic carbocycles. The van der Waals surface area contributed by atoms with Crippen molar-refractivity contribution in [3.8, 4) is 0 Å². The van der Waals surface area contributed by atoms with Gasteiger partial charge in [-0.1, -0.05) is 6.07 Å². The summed E-state index contributed by atoms with van der Waals surface area (Å²) in [5.41, 5.74) is 2.40. The Labute approximate surface area is 144 Å². The fourth-order valence-corrected chi connectivity index (χ4v) is 3.32. The summed E-state index contributed by atoms with van der Waals surface area (Å²) in [4.78, 5) is 21.1. The molecule has 2 saturated heterocycles.